The van der Waals surface area contributed by atoms with Crippen molar-refractivity contribution in [1.29, 1.82) is 0 Å². The third-order valence-corrected chi connectivity index (χ3v) is 9.14. The fraction of sp³-hybridized carbons (Fsp3) is 0.175. The first-order valence-electron chi connectivity index (χ1n) is 15.2. The van der Waals surface area contributed by atoms with Crippen LogP contribution < -0.4 is 0 Å². The molecule has 0 saturated carbocycles. The second-order valence-corrected chi connectivity index (χ2v) is 13.3. The van der Waals surface area contributed by atoms with E-state index in [1.165, 1.54) is 11.1 Å². The number of aromatic nitrogens is 3. The molecule has 0 fully saturated rings. The fourth-order valence-electron chi connectivity index (χ4n) is 7.20. The molecular weight excluding hydrogens is 538 g/mol. The predicted molar refractivity (Wildman–Crippen MR) is 180 cm³/mol. The van der Waals surface area contributed by atoms with Crippen molar-refractivity contribution < 1.29 is 4.42 Å². The average molecular weight is 572 g/mol. The van der Waals surface area contributed by atoms with E-state index in [1.807, 2.05) is 36.4 Å². The Bertz CT molecular complexity index is 2190. The van der Waals surface area contributed by atoms with E-state index in [0.29, 0.717) is 17.5 Å². The van der Waals surface area contributed by atoms with Crippen LogP contribution in [0.2, 0.25) is 0 Å². The third kappa shape index (κ3) is 4.41. The van der Waals surface area contributed by atoms with Crippen molar-refractivity contribution in [3.63, 3.8) is 0 Å². The van der Waals surface area contributed by atoms with Crippen LogP contribution in [0.4, 0.5) is 0 Å². The van der Waals surface area contributed by atoms with Gasteiger partial charge in [-0.25, -0.2) is 15.0 Å². The Labute approximate surface area is 257 Å². The molecule has 1 aliphatic carbocycles. The fourth-order valence-corrected chi connectivity index (χ4v) is 7.20. The number of hydrogen-bond donors (Lipinski definition) is 0. The zero-order valence-electron chi connectivity index (χ0n) is 25.4. The SMILES string of the molecule is CC1(C)CC(C)(C)c2cc(-c3nc(-c4ccccc4)nc(-c4ccc(-c5ccc6c(c5)oc5ccccc56)cc4)n3)ccc21. The molecule has 0 radical (unpaired) electrons. The van der Waals surface area contributed by atoms with Gasteiger partial charge in [0.25, 0.3) is 0 Å². The Hall–Kier alpha value is -5.09. The topological polar surface area (TPSA) is 51.8 Å². The van der Waals surface area contributed by atoms with Crippen LogP contribution in [0.1, 0.15) is 45.2 Å². The summed E-state index contributed by atoms with van der Waals surface area (Å²) in [5, 5.41) is 2.27. The van der Waals surface area contributed by atoms with Crippen LogP contribution in [0.5, 0.6) is 0 Å². The summed E-state index contributed by atoms with van der Waals surface area (Å²) in [5.74, 6) is 2.02. The second kappa shape index (κ2) is 9.72. The zero-order valence-corrected chi connectivity index (χ0v) is 25.4. The highest BCUT2D eigenvalue weighted by Gasteiger charge is 2.41. The summed E-state index contributed by atoms with van der Waals surface area (Å²) in [7, 11) is 0. The number of rotatable bonds is 4. The maximum absolute atomic E-state index is 6.14. The van der Waals surface area contributed by atoms with Crippen molar-refractivity contribution in [2.24, 2.45) is 0 Å². The van der Waals surface area contributed by atoms with Gasteiger partial charge in [-0.15, -0.1) is 0 Å². The van der Waals surface area contributed by atoms with Crippen LogP contribution in [-0.2, 0) is 10.8 Å². The zero-order chi connectivity index (χ0) is 30.1. The lowest BCUT2D eigenvalue weighted by Crippen LogP contribution is -2.17. The Morgan fingerprint density at radius 3 is 1.75 bits per heavy atom. The highest BCUT2D eigenvalue weighted by Crippen LogP contribution is 2.50. The Morgan fingerprint density at radius 1 is 0.455 bits per heavy atom. The molecule has 5 aromatic carbocycles. The quantitative estimate of drug-likeness (QED) is 0.211. The number of benzene rings is 5. The monoisotopic (exact) mass is 571 g/mol. The third-order valence-electron chi connectivity index (χ3n) is 9.14. The van der Waals surface area contributed by atoms with Gasteiger partial charge in [-0.1, -0.05) is 119 Å². The smallest absolute Gasteiger partial charge is 0.164 e. The van der Waals surface area contributed by atoms with Gasteiger partial charge in [0, 0.05) is 27.5 Å². The number of para-hydroxylation sites is 1. The molecule has 8 rings (SSSR count). The lowest BCUT2D eigenvalue weighted by molar-refractivity contribution is 0.403. The van der Waals surface area contributed by atoms with Crippen LogP contribution in [0.25, 0.3) is 67.2 Å². The van der Waals surface area contributed by atoms with E-state index in [-0.39, 0.29) is 10.8 Å². The molecule has 0 unspecified atom stereocenters. The highest BCUT2D eigenvalue weighted by atomic mass is 16.3. The maximum Gasteiger partial charge on any atom is 0.164 e. The molecular formula is C40H33N3O. The molecule has 1 aliphatic rings. The van der Waals surface area contributed by atoms with Crippen molar-refractivity contribution in [2.45, 2.75) is 44.9 Å². The molecule has 4 heteroatoms. The van der Waals surface area contributed by atoms with Gasteiger partial charge in [-0.2, -0.15) is 0 Å². The molecule has 2 aromatic heterocycles. The minimum atomic E-state index is 0.0914. The molecule has 0 bridgehead atoms. The van der Waals surface area contributed by atoms with Gasteiger partial charge in [0.1, 0.15) is 11.2 Å². The van der Waals surface area contributed by atoms with Crippen molar-refractivity contribution in [2.75, 3.05) is 0 Å². The maximum atomic E-state index is 6.14. The molecule has 214 valence electrons. The number of fused-ring (bicyclic) bond motifs is 4. The minimum Gasteiger partial charge on any atom is -0.456 e. The highest BCUT2D eigenvalue weighted by molar-refractivity contribution is 6.05. The minimum absolute atomic E-state index is 0.0914. The molecule has 0 amide bonds. The standard InChI is InChI=1S/C40H33N3O/c1-39(2)24-40(3,4)33-22-29(19-21-32(33)39)38-42-36(26-10-6-5-7-11-26)41-37(43-38)27-16-14-25(15-17-27)28-18-20-31-30-12-8-9-13-34(30)44-35(31)23-28/h5-23H,24H2,1-4H3. The molecule has 44 heavy (non-hydrogen) atoms. The van der Waals surface area contributed by atoms with Gasteiger partial charge in [0.2, 0.25) is 0 Å². The van der Waals surface area contributed by atoms with Gasteiger partial charge in [0.05, 0.1) is 0 Å². The lowest BCUT2D eigenvalue weighted by Gasteiger charge is -2.22. The first-order valence-corrected chi connectivity index (χ1v) is 15.2. The van der Waals surface area contributed by atoms with Crippen LogP contribution in [0, 0.1) is 0 Å². The summed E-state index contributed by atoms with van der Waals surface area (Å²) < 4.78 is 6.14. The Kier molecular flexibility index (Phi) is 5.86. The van der Waals surface area contributed by atoms with Crippen LogP contribution in [0.15, 0.2) is 120 Å². The molecule has 4 nitrogen and oxygen atoms in total. The van der Waals surface area contributed by atoms with E-state index in [2.05, 4.69) is 107 Å². The Morgan fingerprint density at radius 2 is 1.00 bits per heavy atom. The van der Waals surface area contributed by atoms with Crippen LogP contribution >= 0.6 is 0 Å². The average Bonchev–Trinajstić information content (AvgIpc) is 3.51. The van der Waals surface area contributed by atoms with E-state index in [4.69, 9.17) is 19.4 Å². The van der Waals surface area contributed by atoms with E-state index >= 15 is 0 Å². The summed E-state index contributed by atoms with van der Waals surface area (Å²) in [5.41, 5.74) is 9.99. The molecule has 0 spiro atoms. The molecule has 0 N–H and O–H groups in total. The van der Waals surface area contributed by atoms with Gasteiger partial charge < -0.3 is 4.42 Å². The largest absolute Gasteiger partial charge is 0.456 e. The van der Waals surface area contributed by atoms with E-state index in [1.54, 1.807) is 0 Å². The van der Waals surface area contributed by atoms with E-state index < -0.39 is 0 Å². The van der Waals surface area contributed by atoms with E-state index in [9.17, 15) is 0 Å². The number of nitrogens with zero attached hydrogens (tertiary/aromatic N) is 3. The summed E-state index contributed by atoms with van der Waals surface area (Å²) in [6, 6.07) is 40.0. The summed E-state index contributed by atoms with van der Waals surface area (Å²) in [4.78, 5) is 15.0. The van der Waals surface area contributed by atoms with E-state index in [0.717, 1.165) is 56.2 Å². The van der Waals surface area contributed by atoms with Gasteiger partial charge in [-0.3, -0.25) is 0 Å². The number of furan rings is 1. The van der Waals surface area contributed by atoms with Crippen LogP contribution in [-0.4, -0.2) is 15.0 Å². The summed E-state index contributed by atoms with van der Waals surface area (Å²) in [6.07, 6.45) is 1.12. The first kappa shape index (κ1) is 26.5. The van der Waals surface area contributed by atoms with Crippen molar-refractivity contribution in [3.8, 4) is 45.3 Å². The van der Waals surface area contributed by atoms with Crippen molar-refractivity contribution in [3.05, 3.63) is 126 Å². The normalized spacial score (nSPS) is 15.1. The second-order valence-electron chi connectivity index (χ2n) is 13.3. The van der Waals surface area contributed by atoms with Crippen molar-refractivity contribution in [1.82, 2.24) is 15.0 Å². The molecule has 0 saturated heterocycles. The predicted octanol–water partition coefficient (Wildman–Crippen LogP) is 10.4. The molecule has 0 aliphatic heterocycles. The molecule has 0 atom stereocenters. The number of hydrogen-bond acceptors (Lipinski definition) is 4. The van der Waals surface area contributed by atoms with Gasteiger partial charge in [-0.05, 0) is 63.8 Å². The first-order chi connectivity index (χ1) is 21.2. The summed E-state index contributed by atoms with van der Waals surface area (Å²) >= 11 is 0. The van der Waals surface area contributed by atoms with Crippen molar-refractivity contribution >= 4 is 21.9 Å². The van der Waals surface area contributed by atoms with Gasteiger partial charge >= 0.3 is 0 Å². The molecule has 7 aromatic rings. The lowest BCUT2D eigenvalue weighted by atomic mass is 9.82. The molecule has 2 heterocycles. The Balaban J connectivity index is 1.20. The van der Waals surface area contributed by atoms with Crippen LogP contribution in [0.3, 0.4) is 0 Å². The summed E-state index contributed by atoms with van der Waals surface area (Å²) in [6.45, 7) is 9.36. The van der Waals surface area contributed by atoms with Gasteiger partial charge in [0.15, 0.2) is 17.5 Å².